The number of rotatable bonds is 5. The highest BCUT2D eigenvalue weighted by Crippen LogP contribution is 2.27. The molecule has 0 spiro atoms. The molecular formula is C16H25IN4O. The molecule has 0 aromatic heterocycles. The fourth-order valence-corrected chi connectivity index (χ4v) is 1.99. The van der Waals surface area contributed by atoms with Crippen molar-refractivity contribution < 1.29 is 4.79 Å². The monoisotopic (exact) mass is 416 g/mol. The minimum atomic E-state index is 0. The van der Waals surface area contributed by atoms with Crippen molar-refractivity contribution in [3.05, 3.63) is 35.4 Å². The van der Waals surface area contributed by atoms with Crippen molar-refractivity contribution in [2.45, 2.75) is 19.4 Å². The highest BCUT2D eigenvalue weighted by Gasteiger charge is 2.20. The zero-order chi connectivity index (χ0) is 15.2. The van der Waals surface area contributed by atoms with Crippen LogP contribution < -0.4 is 10.6 Å². The quantitative estimate of drug-likeness (QED) is 0.439. The van der Waals surface area contributed by atoms with Gasteiger partial charge in [0.25, 0.3) is 5.91 Å². The highest BCUT2D eigenvalue weighted by atomic mass is 127. The van der Waals surface area contributed by atoms with Gasteiger partial charge in [-0.05, 0) is 36.5 Å². The van der Waals surface area contributed by atoms with E-state index in [1.165, 1.54) is 12.8 Å². The van der Waals surface area contributed by atoms with Gasteiger partial charge in [-0.2, -0.15) is 0 Å². The molecule has 1 aromatic carbocycles. The molecule has 0 atom stereocenters. The van der Waals surface area contributed by atoms with Crippen LogP contribution >= 0.6 is 24.0 Å². The third-order valence-corrected chi connectivity index (χ3v) is 3.55. The predicted molar refractivity (Wildman–Crippen MR) is 101 cm³/mol. The maximum absolute atomic E-state index is 11.8. The van der Waals surface area contributed by atoms with E-state index in [-0.39, 0.29) is 29.9 Å². The Bertz CT molecular complexity index is 509. The summed E-state index contributed by atoms with van der Waals surface area (Å²) in [4.78, 5) is 17.6. The van der Waals surface area contributed by atoms with Gasteiger partial charge < -0.3 is 15.5 Å². The van der Waals surface area contributed by atoms with Crippen LogP contribution in [0.3, 0.4) is 0 Å². The maximum atomic E-state index is 11.8. The van der Waals surface area contributed by atoms with Crippen LogP contribution in [0.2, 0.25) is 0 Å². The van der Waals surface area contributed by atoms with Crippen LogP contribution in [0.15, 0.2) is 29.3 Å². The lowest BCUT2D eigenvalue weighted by atomic mass is 10.1. The molecule has 1 aliphatic rings. The molecule has 5 nitrogen and oxygen atoms in total. The zero-order valence-corrected chi connectivity index (χ0v) is 15.8. The number of guanidine groups is 1. The molecule has 6 heteroatoms. The van der Waals surface area contributed by atoms with Crippen molar-refractivity contribution in [2.24, 2.45) is 10.9 Å². The fraction of sp³-hybridized carbons (Fsp3) is 0.500. The van der Waals surface area contributed by atoms with Crippen LogP contribution in [-0.2, 0) is 6.54 Å². The second-order valence-corrected chi connectivity index (χ2v) is 5.65. The number of amides is 1. The lowest BCUT2D eigenvalue weighted by Crippen LogP contribution is -2.37. The van der Waals surface area contributed by atoms with E-state index in [9.17, 15) is 4.79 Å². The predicted octanol–water partition coefficient (Wildman–Crippen LogP) is 2.08. The van der Waals surface area contributed by atoms with E-state index in [2.05, 4.69) is 15.6 Å². The van der Waals surface area contributed by atoms with Gasteiger partial charge in [0.05, 0.1) is 0 Å². The van der Waals surface area contributed by atoms with Crippen molar-refractivity contribution in [2.75, 3.05) is 27.7 Å². The molecule has 1 fully saturated rings. The number of aliphatic imine (C=N–C) groups is 1. The van der Waals surface area contributed by atoms with Crippen LogP contribution in [0.4, 0.5) is 0 Å². The number of nitrogens with zero attached hydrogens (tertiary/aromatic N) is 2. The SMILES string of the molecule is CN=C(NCc1ccc(C(=O)N(C)C)cc1)NCC1CC1.I. The minimum Gasteiger partial charge on any atom is -0.356 e. The standard InChI is InChI=1S/C16H24N4O.HI/c1-17-16(18-10-12-4-5-12)19-11-13-6-8-14(9-7-13)15(21)20(2)3;/h6-9,12H,4-5,10-11H2,1-3H3,(H2,17,18,19);1H. The fourth-order valence-electron chi connectivity index (χ4n) is 1.99. The van der Waals surface area contributed by atoms with Gasteiger partial charge in [0.15, 0.2) is 5.96 Å². The summed E-state index contributed by atoms with van der Waals surface area (Å²) >= 11 is 0. The molecule has 2 N–H and O–H groups in total. The number of benzene rings is 1. The molecule has 122 valence electrons. The van der Waals surface area contributed by atoms with Gasteiger partial charge in [-0.15, -0.1) is 24.0 Å². The number of hydrogen-bond acceptors (Lipinski definition) is 2. The van der Waals surface area contributed by atoms with Crippen LogP contribution in [0.5, 0.6) is 0 Å². The lowest BCUT2D eigenvalue weighted by molar-refractivity contribution is 0.0827. The van der Waals surface area contributed by atoms with Gasteiger partial charge in [-0.3, -0.25) is 9.79 Å². The topological polar surface area (TPSA) is 56.7 Å². The largest absolute Gasteiger partial charge is 0.356 e. The van der Waals surface area contributed by atoms with Crippen molar-refractivity contribution in [1.82, 2.24) is 15.5 Å². The van der Waals surface area contributed by atoms with Gasteiger partial charge in [-0.25, -0.2) is 0 Å². The Hall–Kier alpha value is -1.31. The van der Waals surface area contributed by atoms with E-state index in [0.717, 1.165) is 24.0 Å². The number of hydrogen-bond donors (Lipinski definition) is 2. The van der Waals surface area contributed by atoms with E-state index < -0.39 is 0 Å². The molecule has 0 radical (unpaired) electrons. The second-order valence-electron chi connectivity index (χ2n) is 5.65. The summed E-state index contributed by atoms with van der Waals surface area (Å²) in [5.41, 5.74) is 1.83. The van der Waals surface area contributed by atoms with Gasteiger partial charge in [0.1, 0.15) is 0 Å². The Balaban J connectivity index is 0.00000242. The number of nitrogens with one attached hydrogen (secondary N) is 2. The lowest BCUT2D eigenvalue weighted by Gasteiger charge is -2.13. The number of carbonyl (C=O) groups is 1. The molecule has 22 heavy (non-hydrogen) atoms. The van der Waals surface area contributed by atoms with E-state index in [4.69, 9.17) is 0 Å². The molecule has 0 saturated heterocycles. The maximum Gasteiger partial charge on any atom is 0.253 e. The Morgan fingerprint density at radius 3 is 2.36 bits per heavy atom. The number of carbonyl (C=O) groups excluding carboxylic acids is 1. The van der Waals surface area contributed by atoms with Crippen LogP contribution in [0.1, 0.15) is 28.8 Å². The zero-order valence-electron chi connectivity index (χ0n) is 13.4. The molecule has 1 amide bonds. The van der Waals surface area contributed by atoms with E-state index in [0.29, 0.717) is 12.1 Å². The molecule has 1 saturated carbocycles. The van der Waals surface area contributed by atoms with Crippen LogP contribution in [0, 0.1) is 5.92 Å². The summed E-state index contributed by atoms with van der Waals surface area (Å²) < 4.78 is 0. The van der Waals surface area contributed by atoms with E-state index >= 15 is 0 Å². The van der Waals surface area contributed by atoms with E-state index in [1.807, 2.05) is 24.3 Å². The van der Waals surface area contributed by atoms with Crippen molar-refractivity contribution in [3.8, 4) is 0 Å². The van der Waals surface area contributed by atoms with Gasteiger partial charge in [-0.1, -0.05) is 12.1 Å². The van der Waals surface area contributed by atoms with Crippen LogP contribution in [0.25, 0.3) is 0 Å². The minimum absolute atomic E-state index is 0. The first-order valence-corrected chi connectivity index (χ1v) is 7.35. The first kappa shape index (κ1) is 18.7. The Morgan fingerprint density at radius 1 is 1.23 bits per heavy atom. The van der Waals surface area contributed by atoms with Gasteiger partial charge in [0.2, 0.25) is 0 Å². The summed E-state index contributed by atoms with van der Waals surface area (Å²) in [6.45, 7) is 1.69. The van der Waals surface area contributed by atoms with Crippen molar-refractivity contribution in [3.63, 3.8) is 0 Å². The third kappa shape index (κ3) is 5.82. The summed E-state index contributed by atoms with van der Waals surface area (Å²) in [7, 11) is 5.29. The first-order valence-electron chi connectivity index (χ1n) is 7.35. The average molecular weight is 416 g/mol. The van der Waals surface area contributed by atoms with Gasteiger partial charge in [0, 0.05) is 39.8 Å². The van der Waals surface area contributed by atoms with E-state index in [1.54, 1.807) is 26.0 Å². The molecule has 1 aliphatic carbocycles. The molecule has 0 unspecified atom stereocenters. The molecule has 0 heterocycles. The molecule has 1 aromatic rings. The summed E-state index contributed by atoms with van der Waals surface area (Å²) in [6, 6.07) is 7.66. The molecular weight excluding hydrogens is 391 g/mol. The Labute approximate surface area is 149 Å². The molecule has 0 aliphatic heterocycles. The van der Waals surface area contributed by atoms with Gasteiger partial charge >= 0.3 is 0 Å². The normalized spacial score (nSPS) is 14.0. The highest BCUT2D eigenvalue weighted by molar-refractivity contribution is 14.0. The van der Waals surface area contributed by atoms with Crippen molar-refractivity contribution in [1.29, 1.82) is 0 Å². The third-order valence-electron chi connectivity index (χ3n) is 3.55. The summed E-state index contributed by atoms with van der Waals surface area (Å²) in [5.74, 6) is 1.67. The second kappa shape index (κ2) is 8.97. The Kier molecular flexibility index (Phi) is 7.64. The average Bonchev–Trinajstić information content (AvgIpc) is 3.31. The number of halogens is 1. The van der Waals surface area contributed by atoms with Crippen LogP contribution in [-0.4, -0.2) is 44.5 Å². The first-order chi connectivity index (χ1) is 10.1. The van der Waals surface area contributed by atoms with Crippen molar-refractivity contribution >= 4 is 35.8 Å². The summed E-state index contributed by atoms with van der Waals surface area (Å²) in [6.07, 6.45) is 2.65. The molecule has 0 bridgehead atoms. The summed E-state index contributed by atoms with van der Waals surface area (Å²) in [5, 5.41) is 6.61. The smallest absolute Gasteiger partial charge is 0.253 e. The Morgan fingerprint density at radius 2 is 1.86 bits per heavy atom. The molecule has 2 rings (SSSR count).